The molecular weight excluding hydrogens is 325 g/mol. The lowest BCUT2D eigenvalue weighted by molar-refractivity contribution is -0.136. The zero-order valence-corrected chi connectivity index (χ0v) is 14.0. The van der Waals surface area contributed by atoms with E-state index in [4.69, 9.17) is 0 Å². The van der Waals surface area contributed by atoms with E-state index in [2.05, 4.69) is 20.5 Å². The predicted octanol–water partition coefficient (Wildman–Crippen LogP) is 2.34. The van der Waals surface area contributed by atoms with Gasteiger partial charge in [-0.05, 0) is 37.5 Å². The van der Waals surface area contributed by atoms with Crippen molar-refractivity contribution in [2.45, 2.75) is 38.6 Å². The van der Waals surface area contributed by atoms with E-state index >= 15 is 0 Å². The maximum atomic E-state index is 14.1. The number of rotatable bonds is 5. The smallest absolute Gasteiger partial charge is 0.247 e. The van der Waals surface area contributed by atoms with Gasteiger partial charge in [0.15, 0.2) is 5.82 Å². The summed E-state index contributed by atoms with van der Waals surface area (Å²) in [5, 5.41) is 9.07. The zero-order chi connectivity index (χ0) is 17.8. The average Bonchev–Trinajstić information content (AvgIpc) is 3.28. The highest BCUT2D eigenvalue weighted by molar-refractivity contribution is 5.98. The van der Waals surface area contributed by atoms with Crippen LogP contribution in [0.25, 0.3) is 11.4 Å². The van der Waals surface area contributed by atoms with E-state index in [0.29, 0.717) is 30.8 Å². The Morgan fingerprint density at radius 2 is 2.28 bits per heavy atom. The first-order valence-electron chi connectivity index (χ1n) is 8.35. The molecule has 1 aromatic heterocycles. The fourth-order valence-electron chi connectivity index (χ4n) is 3.02. The Bertz CT molecular complexity index is 762. The van der Waals surface area contributed by atoms with Crippen molar-refractivity contribution < 1.29 is 14.0 Å². The number of H-pyrrole nitrogens is 1. The number of amides is 2. The number of aromatic nitrogens is 3. The maximum absolute atomic E-state index is 14.1. The molecule has 8 heteroatoms. The summed E-state index contributed by atoms with van der Waals surface area (Å²) in [5.41, 5.74) is 0.674. The quantitative estimate of drug-likeness (QED) is 0.870. The van der Waals surface area contributed by atoms with Crippen LogP contribution in [0.1, 0.15) is 32.6 Å². The zero-order valence-electron chi connectivity index (χ0n) is 14.0. The van der Waals surface area contributed by atoms with Crippen LogP contribution < -0.4 is 5.32 Å². The van der Waals surface area contributed by atoms with E-state index in [1.165, 1.54) is 18.5 Å². The average molecular weight is 345 g/mol. The van der Waals surface area contributed by atoms with E-state index in [1.807, 2.05) is 6.92 Å². The number of carbonyl (C=O) groups excluding carboxylic acids is 2. The number of nitrogens with zero attached hydrogens (tertiary/aromatic N) is 3. The molecular formula is C17H20FN5O2. The number of hydrogen-bond acceptors (Lipinski definition) is 4. The molecule has 1 atom stereocenters. The number of anilines is 1. The third kappa shape index (κ3) is 3.67. The van der Waals surface area contributed by atoms with Gasteiger partial charge in [-0.15, -0.1) is 0 Å². The Morgan fingerprint density at radius 3 is 3.00 bits per heavy atom. The summed E-state index contributed by atoms with van der Waals surface area (Å²) in [7, 11) is 0. The Balaban J connectivity index is 1.76. The molecule has 0 bridgehead atoms. The van der Waals surface area contributed by atoms with E-state index in [1.54, 1.807) is 11.0 Å². The van der Waals surface area contributed by atoms with Gasteiger partial charge in [0.25, 0.3) is 0 Å². The largest absolute Gasteiger partial charge is 0.331 e. The predicted molar refractivity (Wildman–Crippen MR) is 90.0 cm³/mol. The summed E-state index contributed by atoms with van der Waals surface area (Å²) in [6, 6.07) is 3.77. The molecule has 0 spiro atoms. The number of halogens is 1. The monoisotopic (exact) mass is 345 g/mol. The minimum atomic E-state index is -0.549. The van der Waals surface area contributed by atoms with Crippen molar-refractivity contribution in [1.82, 2.24) is 20.1 Å². The molecule has 1 fully saturated rings. The van der Waals surface area contributed by atoms with Crippen molar-refractivity contribution in [2.75, 3.05) is 11.9 Å². The van der Waals surface area contributed by atoms with Gasteiger partial charge >= 0.3 is 0 Å². The first kappa shape index (κ1) is 17.1. The SMILES string of the molecule is CCCC(=O)N1CCCC1C(=O)Nc1cc(-c2ncn[nH]2)ccc1F. The number of hydrogen-bond donors (Lipinski definition) is 2. The van der Waals surface area contributed by atoms with Crippen LogP contribution in [0.3, 0.4) is 0 Å². The Morgan fingerprint density at radius 1 is 1.44 bits per heavy atom. The van der Waals surface area contributed by atoms with Crippen LogP contribution in [0.2, 0.25) is 0 Å². The summed E-state index contributed by atoms with van der Waals surface area (Å²) in [6.45, 7) is 2.49. The van der Waals surface area contributed by atoms with Crippen LogP contribution in [0.5, 0.6) is 0 Å². The lowest BCUT2D eigenvalue weighted by Crippen LogP contribution is -2.43. The van der Waals surface area contributed by atoms with E-state index in [9.17, 15) is 14.0 Å². The second-order valence-corrected chi connectivity index (χ2v) is 6.01. The molecule has 2 heterocycles. The lowest BCUT2D eigenvalue weighted by Gasteiger charge is -2.24. The second-order valence-electron chi connectivity index (χ2n) is 6.01. The lowest BCUT2D eigenvalue weighted by atomic mass is 10.1. The highest BCUT2D eigenvalue weighted by Crippen LogP contribution is 2.25. The number of carbonyl (C=O) groups is 2. The van der Waals surface area contributed by atoms with Gasteiger partial charge in [-0.3, -0.25) is 14.7 Å². The summed E-state index contributed by atoms with van der Waals surface area (Å²) >= 11 is 0. The summed E-state index contributed by atoms with van der Waals surface area (Å²) in [4.78, 5) is 30.3. The second kappa shape index (κ2) is 7.42. The van der Waals surface area contributed by atoms with Crippen LogP contribution >= 0.6 is 0 Å². The van der Waals surface area contributed by atoms with Crippen LogP contribution in [0.4, 0.5) is 10.1 Å². The highest BCUT2D eigenvalue weighted by Gasteiger charge is 2.33. The molecule has 0 aliphatic carbocycles. The summed E-state index contributed by atoms with van der Waals surface area (Å²) in [6.07, 6.45) is 3.86. The summed E-state index contributed by atoms with van der Waals surface area (Å²) in [5.74, 6) is -0.455. The summed E-state index contributed by atoms with van der Waals surface area (Å²) < 4.78 is 14.1. The molecule has 3 rings (SSSR count). The van der Waals surface area contributed by atoms with E-state index in [-0.39, 0.29) is 17.5 Å². The Labute approximate surface area is 144 Å². The van der Waals surface area contributed by atoms with Crippen molar-refractivity contribution in [3.05, 3.63) is 30.3 Å². The molecule has 2 amide bonds. The van der Waals surface area contributed by atoms with Crippen LogP contribution in [0.15, 0.2) is 24.5 Å². The van der Waals surface area contributed by atoms with Crippen LogP contribution in [-0.2, 0) is 9.59 Å². The van der Waals surface area contributed by atoms with E-state index < -0.39 is 11.9 Å². The molecule has 1 saturated heterocycles. The van der Waals surface area contributed by atoms with Crippen molar-refractivity contribution >= 4 is 17.5 Å². The van der Waals surface area contributed by atoms with Gasteiger partial charge in [0.1, 0.15) is 18.2 Å². The van der Waals surface area contributed by atoms with Gasteiger partial charge < -0.3 is 10.2 Å². The normalized spacial score (nSPS) is 16.9. The topological polar surface area (TPSA) is 91.0 Å². The Kier molecular flexibility index (Phi) is 5.06. The van der Waals surface area contributed by atoms with Crippen molar-refractivity contribution in [3.63, 3.8) is 0 Å². The maximum Gasteiger partial charge on any atom is 0.247 e. The van der Waals surface area contributed by atoms with Crippen molar-refractivity contribution in [1.29, 1.82) is 0 Å². The van der Waals surface area contributed by atoms with Crippen LogP contribution in [-0.4, -0.2) is 44.5 Å². The van der Waals surface area contributed by atoms with Gasteiger partial charge in [-0.1, -0.05) is 6.92 Å². The van der Waals surface area contributed by atoms with Gasteiger partial charge in [0.05, 0.1) is 5.69 Å². The minimum absolute atomic E-state index is 0.0315. The van der Waals surface area contributed by atoms with Gasteiger partial charge in [-0.2, -0.15) is 5.10 Å². The molecule has 25 heavy (non-hydrogen) atoms. The number of aromatic amines is 1. The first-order chi connectivity index (χ1) is 12.1. The Hall–Kier alpha value is -2.77. The van der Waals surface area contributed by atoms with Crippen molar-refractivity contribution in [3.8, 4) is 11.4 Å². The molecule has 2 aromatic rings. The van der Waals surface area contributed by atoms with Crippen LogP contribution in [0, 0.1) is 5.82 Å². The van der Waals surface area contributed by atoms with Gasteiger partial charge in [0, 0.05) is 18.5 Å². The number of likely N-dealkylation sites (tertiary alicyclic amines) is 1. The number of benzene rings is 1. The molecule has 0 saturated carbocycles. The molecule has 0 radical (unpaired) electrons. The molecule has 7 nitrogen and oxygen atoms in total. The molecule has 1 aromatic carbocycles. The van der Waals surface area contributed by atoms with Gasteiger partial charge in [0.2, 0.25) is 11.8 Å². The van der Waals surface area contributed by atoms with Gasteiger partial charge in [-0.25, -0.2) is 9.37 Å². The molecule has 132 valence electrons. The molecule has 2 N–H and O–H groups in total. The third-order valence-electron chi connectivity index (χ3n) is 4.25. The fraction of sp³-hybridized carbons (Fsp3) is 0.412. The first-order valence-corrected chi connectivity index (χ1v) is 8.35. The molecule has 1 aliphatic heterocycles. The molecule has 1 aliphatic rings. The number of nitrogens with one attached hydrogen (secondary N) is 2. The van der Waals surface area contributed by atoms with E-state index in [0.717, 1.165) is 12.8 Å². The standard InChI is InChI=1S/C17H20FN5O2/c1-2-4-15(24)23-8-3-5-14(23)17(25)21-13-9-11(6-7-12(13)18)16-19-10-20-22-16/h6-7,9-10,14H,2-5,8H2,1H3,(H,21,25)(H,19,20,22). The minimum Gasteiger partial charge on any atom is -0.331 e. The van der Waals surface area contributed by atoms with Crippen molar-refractivity contribution in [2.24, 2.45) is 0 Å². The molecule has 1 unspecified atom stereocenters. The fourth-order valence-corrected chi connectivity index (χ4v) is 3.02. The highest BCUT2D eigenvalue weighted by atomic mass is 19.1. The third-order valence-corrected chi connectivity index (χ3v) is 4.25.